The van der Waals surface area contributed by atoms with E-state index in [9.17, 15) is 4.79 Å². The Morgan fingerprint density at radius 2 is 2.27 bits per heavy atom. The summed E-state index contributed by atoms with van der Waals surface area (Å²) in [5.74, 6) is 1.03. The van der Waals surface area contributed by atoms with Crippen LogP contribution in [-0.4, -0.2) is 5.97 Å². The molecule has 1 fully saturated rings. The van der Waals surface area contributed by atoms with Crippen molar-refractivity contribution in [2.24, 2.45) is 11.8 Å². The molecule has 0 saturated heterocycles. The molecule has 2 unspecified atom stereocenters. The van der Waals surface area contributed by atoms with Gasteiger partial charge in [-0.2, -0.15) is 0 Å². The topological polar surface area (TPSA) is 26.3 Å². The summed E-state index contributed by atoms with van der Waals surface area (Å²) in [6.07, 6.45) is 4.60. The molecule has 0 heterocycles. The van der Waals surface area contributed by atoms with Crippen molar-refractivity contribution in [3.63, 3.8) is 0 Å². The van der Waals surface area contributed by atoms with Gasteiger partial charge in [0.05, 0.1) is 0 Å². The molecule has 0 aromatic heterocycles. The van der Waals surface area contributed by atoms with E-state index >= 15 is 0 Å². The molecule has 2 nitrogen and oxygen atoms in total. The zero-order chi connectivity index (χ0) is 8.27. The third-order valence-electron chi connectivity index (χ3n) is 2.41. The monoisotopic (exact) mass is 343 g/mol. The Balaban J connectivity index is 2.39. The van der Waals surface area contributed by atoms with Crippen LogP contribution >= 0.6 is 0 Å². The molecule has 0 spiro atoms. The molecular formula is C8H13HgO2. The van der Waals surface area contributed by atoms with Crippen LogP contribution in [0.3, 0.4) is 0 Å². The van der Waals surface area contributed by atoms with Gasteiger partial charge in [0.1, 0.15) is 0 Å². The van der Waals surface area contributed by atoms with Crippen molar-refractivity contribution in [2.75, 3.05) is 0 Å². The van der Waals surface area contributed by atoms with Gasteiger partial charge in [-0.15, -0.1) is 0 Å². The van der Waals surface area contributed by atoms with Crippen molar-refractivity contribution in [1.29, 1.82) is 0 Å². The molecule has 0 bridgehead atoms. The molecule has 0 aliphatic heterocycles. The number of carbonyl (C=O) groups is 1. The third-order valence-corrected chi connectivity index (χ3v) is 3.52. The fourth-order valence-corrected chi connectivity index (χ4v) is 2.68. The maximum absolute atomic E-state index is 11.1. The SMILES string of the molecule is CC1CCCC(C(=O)[O][Hg])C1. The standard InChI is InChI=1S/C8H14O2.Hg/c1-6-3-2-4-7(5-6)8(9)10;/h6-7H,2-5H2,1H3,(H,9,10);/q;+1/p-1. The van der Waals surface area contributed by atoms with Gasteiger partial charge in [-0.05, 0) is 0 Å². The molecule has 1 aliphatic rings. The predicted molar refractivity (Wildman–Crippen MR) is 37.2 cm³/mol. The van der Waals surface area contributed by atoms with Crippen LogP contribution in [0.1, 0.15) is 32.6 Å². The molecule has 0 radical (unpaired) electrons. The van der Waals surface area contributed by atoms with E-state index in [0.29, 0.717) is 0 Å². The van der Waals surface area contributed by atoms with E-state index in [2.05, 4.69) is 6.92 Å². The summed E-state index contributed by atoms with van der Waals surface area (Å²) in [5.41, 5.74) is 0. The quantitative estimate of drug-likeness (QED) is 0.680. The summed E-state index contributed by atoms with van der Waals surface area (Å²) in [7, 11) is 0. The van der Waals surface area contributed by atoms with Gasteiger partial charge >= 0.3 is 84.4 Å². The van der Waals surface area contributed by atoms with Crippen LogP contribution in [0.5, 0.6) is 0 Å². The van der Waals surface area contributed by atoms with Crippen LogP contribution in [-0.2, 0) is 34.0 Å². The van der Waals surface area contributed by atoms with Gasteiger partial charge in [-0.3, -0.25) is 0 Å². The molecule has 0 aromatic rings. The van der Waals surface area contributed by atoms with Crippen molar-refractivity contribution in [3.8, 4) is 0 Å². The molecule has 3 heteroatoms. The number of carbonyl (C=O) groups excluding carboxylic acids is 1. The molecule has 2 atom stereocenters. The summed E-state index contributed by atoms with van der Waals surface area (Å²) in [6, 6.07) is 0. The van der Waals surface area contributed by atoms with E-state index in [0.717, 1.165) is 18.8 Å². The molecule has 1 aliphatic carbocycles. The molecular weight excluding hydrogens is 329 g/mol. The maximum atomic E-state index is 11.1. The van der Waals surface area contributed by atoms with Crippen molar-refractivity contribution in [1.82, 2.24) is 0 Å². The first-order valence-corrected chi connectivity index (χ1v) is 6.44. The summed E-state index contributed by atoms with van der Waals surface area (Å²) < 4.78 is 4.89. The Morgan fingerprint density at radius 1 is 1.55 bits per heavy atom. The van der Waals surface area contributed by atoms with Gasteiger partial charge in [0, 0.05) is 0 Å². The first-order valence-electron chi connectivity index (χ1n) is 4.20. The zero-order valence-electron chi connectivity index (χ0n) is 7.01. The van der Waals surface area contributed by atoms with Gasteiger partial charge in [0.15, 0.2) is 0 Å². The predicted octanol–water partition coefficient (Wildman–Crippen LogP) is 1.82. The average Bonchev–Trinajstić information content (AvgIpc) is 2.03. The van der Waals surface area contributed by atoms with Crippen LogP contribution in [0.15, 0.2) is 0 Å². The Hall–Kier alpha value is 0.405. The van der Waals surface area contributed by atoms with Crippen LogP contribution in [0.2, 0.25) is 0 Å². The zero-order valence-corrected chi connectivity index (χ0v) is 12.5. The number of hydrogen-bond donors (Lipinski definition) is 0. The van der Waals surface area contributed by atoms with Crippen LogP contribution in [0, 0.1) is 11.8 Å². The van der Waals surface area contributed by atoms with Crippen molar-refractivity contribution < 1.29 is 34.0 Å². The summed E-state index contributed by atoms with van der Waals surface area (Å²) >= 11 is 0.181. The second kappa shape index (κ2) is 4.44. The van der Waals surface area contributed by atoms with E-state index in [4.69, 9.17) is 2.64 Å². The van der Waals surface area contributed by atoms with Crippen molar-refractivity contribution in [3.05, 3.63) is 0 Å². The van der Waals surface area contributed by atoms with Gasteiger partial charge in [-0.1, -0.05) is 0 Å². The molecule has 0 N–H and O–H groups in total. The fourth-order valence-electron chi connectivity index (χ4n) is 1.77. The van der Waals surface area contributed by atoms with Gasteiger partial charge in [0.2, 0.25) is 0 Å². The Bertz CT molecular complexity index is 147. The van der Waals surface area contributed by atoms with Crippen LogP contribution < -0.4 is 0 Å². The first kappa shape index (κ1) is 9.49. The van der Waals surface area contributed by atoms with E-state index in [-0.39, 0.29) is 38.5 Å². The van der Waals surface area contributed by atoms with E-state index < -0.39 is 0 Å². The van der Waals surface area contributed by atoms with Crippen LogP contribution in [0.25, 0.3) is 0 Å². The Kier molecular flexibility index (Phi) is 3.83. The Labute approximate surface area is 84.3 Å². The number of rotatable bonds is 1. The molecule has 0 aromatic carbocycles. The Morgan fingerprint density at radius 3 is 2.82 bits per heavy atom. The normalized spacial score (nSPS) is 31.5. The summed E-state index contributed by atoms with van der Waals surface area (Å²) in [5, 5.41) is 0. The van der Waals surface area contributed by atoms with Crippen LogP contribution in [0.4, 0.5) is 0 Å². The molecule has 1 saturated carbocycles. The van der Waals surface area contributed by atoms with Crippen molar-refractivity contribution in [2.45, 2.75) is 32.6 Å². The van der Waals surface area contributed by atoms with E-state index in [1.54, 1.807) is 0 Å². The van der Waals surface area contributed by atoms with E-state index in [1.807, 2.05) is 0 Å². The second-order valence-electron chi connectivity index (χ2n) is 3.43. The minimum atomic E-state index is 0.0693. The molecule has 59 valence electrons. The molecule has 11 heavy (non-hydrogen) atoms. The third kappa shape index (κ3) is 2.73. The van der Waals surface area contributed by atoms with Gasteiger partial charge < -0.3 is 0 Å². The van der Waals surface area contributed by atoms with Crippen molar-refractivity contribution >= 4 is 5.97 Å². The molecule has 0 amide bonds. The average molecular weight is 342 g/mol. The van der Waals surface area contributed by atoms with Gasteiger partial charge in [0.25, 0.3) is 0 Å². The summed E-state index contributed by atoms with van der Waals surface area (Å²) in [6.45, 7) is 2.22. The van der Waals surface area contributed by atoms with Gasteiger partial charge in [-0.25, -0.2) is 0 Å². The second-order valence-corrected chi connectivity index (χ2v) is 4.55. The fraction of sp³-hybridized carbons (Fsp3) is 0.875. The first-order chi connectivity index (χ1) is 5.24. The van der Waals surface area contributed by atoms with E-state index in [1.165, 1.54) is 12.8 Å². The minimum absolute atomic E-state index is 0.0693. The summed E-state index contributed by atoms with van der Waals surface area (Å²) in [4.78, 5) is 11.1. The number of hydrogen-bond acceptors (Lipinski definition) is 2. The molecule has 1 rings (SSSR count).